The van der Waals surface area contributed by atoms with Crippen molar-refractivity contribution in [1.29, 1.82) is 0 Å². The van der Waals surface area contributed by atoms with E-state index in [2.05, 4.69) is 15.3 Å². The number of carboxylic acid groups (broad SMARTS) is 1. The molecule has 1 rings (SSSR count). The van der Waals surface area contributed by atoms with Crippen LogP contribution in [0.5, 0.6) is 0 Å². The average molecular weight is 209 g/mol. The summed E-state index contributed by atoms with van der Waals surface area (Å²) >= 11 is 0. The molecule has 1 heterocycles. The van der Waals surface area contributed by atoms with Crippen molar-refractivity contribution < 1.29 is 9.90 Å². The van der Waals surface area contributed by atoms with E-state index < -0.39 is 5.97 Å². The van der Waals surface area contributed by atoms with Gasteiger partial charge in [-0.05, 0) is 19.4 Å². The van der Waals surface area contributed by atoms with Gasteiger partial charge in [-0.25, -0.2) is 9.97 Å². The van der Waals surface area contributed by atoms with E-state index in [9.17, 15) is 4.79 Å². The predicted octanol–water partition coefficient (Wildman–Crippen LogP) is 1.31. The van der Waals surface area contributed by atoms with Crippen molar-refractivity contribution in [2.45, 2.75) is 20.3 Å². The van der Waals surface area contributed by atoms with Crippen LogP contribution in [0.25, 0.3) is 0 Å². The maximum Gasteiger partial charge on any atom is 0.308 e. The molecule has 0 amide bonds. The molecule has 0 aromatic carbocycles. The number of nitrogens with one attached hydrogen (secondary N) is 1. The quantitative estimate of drug-likeness (QED) is 0.764. The molecule has 15 heavy (non-hydrogen) atoms. The summed E-state index contributed by atoms with van der Waals surface area (Å²) < 4.78 is 0. The zero-order valence-corrected chi connectivity index (χ0v) is 8.90. The van der Waals surface area contributed by atoms with Gasteiger partial charge in [0.1, 0.15) is 11.6 Å². The molecule has 1 aromatic heterocycles. The van der Waals surface area contributed by atoms with Gasteiger partial charge in [-0.3, -0.25) is 4.79 Å². The third kappa shape index (κ3) is 3.53. The highest BCUT2D eigenvalue weighted by Gasteiger charge is 2.14. The van der Waals surface area contributed by atoms with Crippen LogP contribution in [0.15, 0.2) is 12.3 Å². The maximum atomic E-state index is 10.7. The number of rotatable bonds is 5. The fourth-order valence-corrected chi connectivity index (χ4v) is 1.19. The van der Waals surface area contributed by atoms with Crippen molar-refractivity contribution in [2.75, 3.05) is 11.9 Å². The van der Waals surface area contributed by atoms with E-state index in [0.717, 1.165) is 0 Å². The zero-order valence-electron chi connectivity index (χ0n) is 8.90. The number of aliphatic carboxylic acids is 1. The van der Waals surface area contributed by atoms with Crippen LogP contribution in [-0.2, 0) is 4.79 Å². The molecule has 1 unspecified atom stereocenters. The molecule has 0 spiro atoms. The lowest BCUT2D eigenvalue weighted by atomic mass is 10.1. The van der Waals surface area contributed by atoms with Gasteiger partial charge in [0.15, 0.2) is 0 Å². The summed E-state index contributed by atoms with van der Waals surface area (Å²) in [5.41, 5.74) is 0. The molecule has 1 aromatic rings. The van der Waals surface area contributed by atoms with E-state index in [1.807, 2.05) is 6.92 Å². The highest BCUT2D eigenvalue weighted by atomic mass is 16.4. The number of hydrogen-bond acceptors (Lipinski definition) is 4. The molecule has 0 radical (unpaired) electrons. The predicted molar refractivity (Wildman–Crippen MR) is 56.7 cm³/mol. The number of carboxylic acids is 1. The number of anilines is 1. The Bertz CT molecular complexity index is 341. The van der Waals surface area contributed by atoms with E-state index in [-0.39, 0.29) is 5.92 Å². The van der Waals surface area contributed by atoms with Crippen LogP contribution in [0.3, 0.4) is 0 Å². The summed E-state index contributed by atoms with van der Waals surface area (Å²) in [4.78, 5) is 18.8. The number of carbonyl (C=O) groups is 1. The Labute approximate surface area is 88.6 Å². The summed E-state index contributed by atoms with van der Waals surface area (Å²) in [7, 11) is 0. The van der Waals surface area contributed by atoms with Gasteiger partial charge in [0.2, 0.25) is 0 Å². The first kappa shape index (κ1) is 11.4. The molecular formula is C10H15N3O2. The lowest BCUT2D eigenvalue weighted by Crippen LogP contribution is -2.22. The summed E-state index contributed by atoms with van der Waals surface area (Å²) in [5.74, 6) is 0.182. The summed E-state index contributed by atoms with van der Waals surface area (Å²) in [5, 5.41) is 11.8. The molecule has 0 saturated carbocycles. The molecule has 0 fully saturated rings. The fraction of sp³-hybridized carbons (Fsp3) is 0.500. The topological polar surface area (TPSA) is 75.1 Å². The minimum absolute atomic E-state index is 0.375. The van der Waals surface area contributed by atoms with Crippen molar-refractivity contribution in [3.8, 4) is 0 Å². The van der Waals surface area contributed by atoms with E-state index in [1.54, 1.807) is 19.2 Å². The van der Waals surface area contributed by atoms with Crippen molar-refractivity contribution in [3.63, 3.8) is 0 Å². The highest BCUT2D eigenvalue weighted by Crippen LogP contribution is 2.06. The van der Waals surface area contributed by atoms with Gasteiger partial charge in [0, 0.05) is 12.7 Å². The van der Waals surface area contributed by atoms with Gasteiger partial charge >= 0.3 is 5.97 Å². The lowest BCUT2D eigenvalue weighted by Gasteiger charge is -2.11. The van der Waals surface area contributed by atoms with Crippen LogP contribution < -0.4 is 5.32 Å². The molecule has 0 aliphatic heterocycles. The van der Waals surface area contributed by atoms with Crippen molar-refractivity contribution >= 4 is 11.8 Å². The van der Waals surface area contributed by atoms with Crippen LogP contribution >= 0.6 is 0 Å². The Morgan fingerprint density at radius 1 is 1.67 bits per heavy atom. The molecule has 2 N–H and O–H groups in total. The van der Waals surface area contributed by atoms with Crippen LogP contribution in [-0.4, -0.2) is 27.6 Å². The third-order valence-electron chi connectivity index (χ3n) is 2.15. The summed E-state index contributed by atoms with van der Waals surface area (Å²) in [6.07, 6.45) is 2.25. The Kier molecular flexibility index (Phi) is 4.03. The van der Waals surface area contributed by atoms with Crippen molar-refractivity contribution in [2.24, 2.45) is 5.92 Å². The average Bonchev–Trinajstić information content (AvgIpc) is 2.18. The number of nitrogens with zero attached hydrogens (tertiary/aromatic N) is 2. The van der Waals surface area contributed by atoms with Gasteiger partial charge in [-0.1, -0.05) is 6.92 Å². The lowest BCUT2D eigenvalue weighted by molar-refractivity contribution is -0.141. The monoisotopic (exact) mass is 209 g/mol. The summed E-state index contributed by atoms with van der Waals surface area (Å²) in [6.45, 7) is 4.04. The first-order valence-corrected chi connectivity index (χ1v) is 4.89. The second kappa shape index (κ2) is 5.29. The standard InChI is InChI=1S/C10H15N3O2/c1-3-8(10(14)15)6-12-9-4-5-11-7(2)13-9/h4-5,8H,3,6H2,1-2H3,(H,14,15)(H,11,12,13). The van der Waals surface area contributed by atoms with Crippen LogP contribution in [0.2, 0.25) is 0 Å². The van der Waals surface area contributed by atoms with E-state index in [0.29, 0.717) is 24.6 Å². The maximum absolute atomic E-state index is 10.7. The van der Waals surface area contributed by atoms with E-state index in [1.165, 1.54) is 0 Å². The minimum atomic E-state index is -0.782. The first-order valence-electron chi connectivity index (χ1n) is 4.89. The van der Waals surface area contributed by atoms with Gasteiger partial charge in [-0.15, -0.1) is 0 Å². The molecule has 82 valence electrons. The van der Waals surface area contributed by atoms with Gasteiger partial charge < -0.3 is 10.4 Å². The number of aryl methyl sites for hydroxylation is 1. The molecular weight excluding hydrogens is 194 g/mol. The molecule has 0 aliphatic carbocycles. The van der Waals surface area contributed by atoms with E-state index in [4.69, 9.17) is 5.11 Å². The molecule has 5 nitrogen and oxygen atoms in total. The van der Waals surface area contributed by atoms with Gasteiger partial charge in [0.25, 0.3) is 0 Å². The number of aromatic nitrogens is 2. The molecule has 0 bridgehead atoms. The van der Waals surface area contributed by atoms with Gasteiger partial charge in [-0.2, -0.15) is 0 Å². The molecule has 1 atom stereocenters. The first-order chi connectivity index (χ1) is 7.13. The fourth-order valence-electron chi connectivity index (χ4n) is 1.19. The van der Waals surface area contributed by atoms with Crippen molar-refractivity contribution in [1.82, 2.24) is 9.97 Å². The molecule has 0 aliphatic rings. The normalized spacial score (nSPS) is 12.1. The Morgan fingerprint density at radius 3 is 2.93 bits per heavy atom. The van der Waals surface area contributed by atoms with Crippen LogP contribution in [0.1, 0.15) is 19.2 Å². The minimum Gasteiger partial charge on any atom is -0.481 e. The Hall–Kier alpha value is -1.65. The molecule has 5 heteroatoms. The smallest absolute Gasteiger partial charge is 0.308 e. The van der Waals surface area contributed by atoms with Crippen LogP contribution in [0.4, 0.5) is 5.82 Å². The highest BCUT2D eigenvalue weighted by molar-refractivity contribution is 5.70. The van der Waals surface area contributed by atoms with Gasteiger partial charge in [0.05, 0.1) is 5.92 Å². The third-order valence-corrected chi connectivity index (χ3v) is 2.15. The van der Waals surface area contributed by atoms with Crippen LogP contribution in [0, 0.1) is 12.8 Å². The second-order valence-corrected chi connectivity index (χ2v) is 3.31. The molecule has 0 saturated heterocycles. The zero-order chi connectivity index (χ0) is 11.3. The van der Waals surface area contributed by atoms with Crippen molar-refractivity contribution in [3.05, 3.63) is 18.1 Å². The SMILES string of the molecule is CCC(CNc1ccnc(C)n1)C(=O)O. The largest absolute Gasteiger partial charge is 0.481 e. The Balaban J connectivity index is 2.52. The van der Waals surface area contributed by atoms with E-state index >= 15 is 0 Å². The Morgan fingerprint density at radius 2 is 2.40 bits per heavy atom. The second-order valence-electron chi connectivity index (χ2n) is 3.31. The summed E-state index contributed by atoms with van der Waals surface area (Å²) in [6, 6.07) is 1.72. The number of hydrogen-bond donors (Lipinski definition) is 2.